The zero-order chi connectivity index (χ0) is 16.1. The van der Waals surface area contributed by atoms with Gasteiger partial charge in [0.05, 0.1) is 5.38 Å². The van der Waals surface area contributed by atoms with Crippen molar-refractivity contribution in [2.75, 3.05) is 19.7 Å². The fraction of sp³-hybridized carbons (Fsp3) is 0.222. The highest BCUT2D eigenvalue weighted by atomic mass is 32.1. The summed E-state index contributed by atoms with van der Waals surface area (Å²) >= 11 is 1.42. The van der Waals surface area contributed by atoms with Crippen molar-refractivity contribution >= 4 is 21.4 Å². The van der Waals surface area contributed by atoms with Crippen molar-refractivity contribution in [3.05, 3.63) is 47.8 Å². The van der Waals surface area contributed by atoms with Crippen LogP contribution < -0.4 is 14.8 Å². The lowest BCUT2D eigenvalue weighted by atomic mass is 10.2. The number of benzene rings is 2. The first-order valence-corrected chi connectivity index (χ1v) is 8.32. The van der Waals surface area contributed by atoms with E-state index in [0.717, 1.165) is 34.7 Å². The molecule has 2 aromatic carbocycles. The summed E-state index contributed by atoms with van der Waals surface area (Å²) in [5.74, 6) is 2.47. The quantitative estimate of drug-likeness (QED) is 0.639. The number of fused-ring (bicyclic) bond motifs is 1. The lowest BCUT2D eigenvalue weighted by Crippen LogP contribution is -2.20. The van der Waals surface area contributed by atoms with Crippen LogP contribution >= 0.6 is 11.3 Å². The van der Waals surface area contributed by atoms with Crippen LogP contribution in [0.25, 0.3) is 10.1 Å². The van der Waals surface area contributed by atoms with Crippen LogP contribution in [0.5, 0.6) is 23.0 Å². The van der Waals surface area contributed by atoms with E-state index in [4.69, 9.17) is 9.47 Å². The molecule has 0 aliphatic rings. The second-order valence-electron chi connectivity index (χ2n) is 4.99. The SMILES string of the molecule is CCNCCOc1ccc(Oc2[c]sc3cc(O)ccc23)cc1. The Bertz CT molecular complexity index is 768. The molecule has 5 heteroatoms. The van der Waals surface area contributed by atoms with Gasteiger partial charge in [0.1, 0.15) is 23.9 Å². The molecule has 0 aliphatic carbocycles. The van der Waals surface area contributed by atoms with Crippen LogP contribution in [0.1, 0.15) is 6.92 Å². The Kier molecular flexibility index (Phi) is 5.00. The molecular formula is C18H18NO3S. The van der Waals surface area contributed by atoms with Crippen LogP contribution in [0, 0.1) is 5.38 Å². The molecular weight excluding hydrogens is 310 g/mol. The minimum atomic E-state index is 0.248. The van der Waals surface area contributed by atoms with Crippen molar-refractivity contribution in [3.63, 3.8) is 0 Å². The Balaban J connectivity index is 1.65. The first-order valence-electron chi connectivity index (χ1n) is 7.51. The topological polar surface area (TPSA) is 50.7 Å². The smallest absolute Gasteiger partial charge is 0.154 e. The summed E-state index contributed by atoms with van der Waals surface area (Å²) in [5.41, 5.74) is 0. The molecule has 3 rings (SSSR count). The molecule has 0 fully saturated rings. The highest BCUT2D eigenvalue weighted by molar-refractivity contribution is 7.17. The molecule has 1 heterocycles. The number of thiophene rings is 1. The maximum atomic E-state index is 9.50. The van der Waals surface area contributed by atoms with Crippen LogP contribution in [-0.4, -0.2) is 24.8 Å². The molecule has 4 nitrogen and oxygen atoms in total. The van der Waals surface area contributed by atoms with Crippen LogP contribution in [0.4, 0.5) is 0 Å². The molecule has 1 aromatic heterocycles. The van der Waals surface area contributed by atoms with Gasteiger partial charge in [-0.3, -0.25) is 0 Å². The standard InChI is InChI=1S/C18H18NO3S/c1-2-19-9-10-21-14-4-6-15(7-5-14)22-17-12-23-18-11-13(20)3-8-16(17)18/h3-8,11,19-20H,2,9-10H2,1H3. The van der Waals surface area contributed by atoms with Crippen molar-refractivity contribution in [1.29, 1.82) is 0 Å². The number of hydrogen-bond acceptors (Lipinski definition) is 5. The number of hydrogen-bond donors (Lipinski definition) is 2. The van der Waals surface area contributed by atoms with Gasteiger partial charge >= 0.3 is 0 Å². The maximum Gasteiger partial charge on any atom is 0.154 e. The normalized spacial score (nSPS) is 10.8. The van der Waals surface area contributed by atoms with E-state index in [-0.39, 0.29) is 5.75 Å². The van der Waals surface area contributed by atoms with Gasteiger partial charge in [-0.15, -0.1) is 11.3 Å². The molecule has 0 bridgehead atoms. The van der Waals surface area contributed by atoms with Crippen molar-refractivity contribution in [2.45, 2.75) is 6.92 Å². The van der Waals surface area contributed by atoms with Crippen molar-refractivity contribution in [3.8, 4) is 23.0 Å². The summed E-state index contributed by atoms with van der Waals surface area (Å²) < 4.78 is 12.5. The van der Waals surface area contributed by atoms with Gasteiger partial charge in [-0.25, -0.2) is 0 Å². The Hall–Kier alpha value is -2.24. The Labute approximate surface area is 139 Å². The highest BCUT2D eigenvalue weighted by Gasteiger charge is 2.08. The zero-order valence-electron chi connectivity index (χ0n) is 12.8. The Morgan fingerprint density at radius 2 is 1.91 bits per heavy atom. The molecule has 3 aromatic rings. The molecule has 0 saturated carbocycles. The van der Waals surface area contributed by atoms with Crippen molar-refractivity contribution in [2.24, 2.45) is 0 Å². The van der Waals surface area contributed by atoms with E-state index in [0.29, 0.717) is 12.4 Å². The van der Waals surface area contributed by atoms with Gasteiger partial charge in [0.25, 0.3) is 0 Å². The van der Waals surface area contributed by atoms with E-state index < -0.39 is 0 Å². The number of aromatic hydroxyl groups is 1. The number of nitrogens with one attached hydrogen (secondary N) is 1. The summed E-state index contributed by atoms with van der Waals surface area (Å²) in [5, 5.41) is 16.8. The first-order chi connectivity index (χ1) is 11.3. The third-order valence-corrected chi connectivity index (χ3v) is 4.15. The Morgan fingerprint density at radius 3 is 2.70 bits per heavy atom. The van der Waals surface area contributed by atoms with E-state index in [9.17, 15) is 5.11 Å². The summed E-state index contributed by atoms with van der Waals surface area (Å²) in [6.45, 7) is 4.48. The number of rotatable bonds is 7. The number of phenolic OH excluding ortho intramolecular Hbond substituents is 1. The summed E-state index contributed by atoms with van der Waals surface area (Å²) in [6.07, 6.45) is 0. The number of ether oxygens (including phenoxy) is 2. The molecule has 0 spiro atoms. The third-order valence-electron chi connectivity index (χ3n) is 3.30. The van der Waals surface area contributed by atoms with Gasteiger partial charge in [0, 0.05) is 16.6 Å². The minimum Gasteiger partial charge on any atom is -0.508 e. The van der Waals surface area contributed by atoms with Gasteiger partial charge in [0.2, 0.25) is 0 Å². The van der Waals surface area contributed by atoms with E-state index in [1.165, 1.54) is 11.3 Å². The summed E-state index contributed by atoms with van der Waals surface area (Å²) in [4.78, 5) is 0. The number of phenols is 1. The maximum absolute atomic E-state index is 9.50. The summed E-state index contributed by atoms with van der Waals surface area (Å²) in [7, 11) is 0. The van der Waals surface area contributed by atoms with Gasteiger partial charge in [-0.2, -0.15) is 0 Å². The lowest BCUT2D eigenvalue weighted by molar-refractivity contribution is 0.315. The van der Waals surface area contributed by atoms with Gasteiger partial charge < -0.3 is 19.9 Å². The minimum absolute atomic E-state index is 0.248. The molecule has 1 radical (unpaired) electrons. The van der Waals surface area contributed by atoms with E-state index in [1.807, 2.05) is 30.3 Å². The average molecular weight is 328 g/mol. The lowest BCUT2D eigenvalue weighted by Gasteiger charge is -2.08. The van der Waals surface area contributed by atoms with Crippen LogP contribution in [0.3, 0.4) is 0 Å². The average Bonchev–Trinajstić information content (AvgIpc) is 2.95. The van der Waals surface area contributed by atoms with E-state index in [2.05, 4.69) is 17.6 Å². The molecule has 0 unspecified atom stereocenters. The Morgan fingerprint density at radius 1 is 1.13 bits per heavy atom. The molecule has 119 valence electrons. The fourth-order valence-corrected chi connectivity index (χ4v) is 2.96. The highest BCUT2D eigenvalue weighted by Crippen LogP contribution is 2.36. The number of likely N-dealkylation sites (N-methyl/N-ethyl adjacent to an activating group) is 1. The van der Waals surface area contributed by atoms with E-state index in [1.54, 1.807) is 12.1 Å². The third kappa shape index (κ3) is 3.94. The second kappa shape index (κ2) is 7.35. The molecule has 2 N–H and O–H groups in total. The first kappa shape index (κ1) is 15.6. The van der Waals surface area contributed by atoms with Crippen LogP contribution in [-0.2, 0) is 0 Å². The monoisotopic (exact) mass is 328 g/mol. The van der Waals surface area contributed by atoms with Crippen molar-refractivity contribution in [1.82, 2.24) is 5.32 Å². The van der Waals surface area contributed by atoms with Gasteiger partial charge in [0.15, 0.2) is 5.75 Å². The van der Waals surface area contributed by atoms with Crippen LogP contribution in [0.2, 0.25) is 0 Å². The fourth-order valence-electron chi connectivity index (χ4n) is 2.15. The molecule has 23 heavy (non-hydrogen) atoms. The summed E-state index contributed by atoms with van der Waals surface area (Å²) in [6, 6.07) is 12.7. The van der Waals surface area contributed by atoms with Gasteiger partial charge in [-0.1, -0.05) is 6.92 Å². The van der Waals surface area contributed by atoms with Crippen molar-refractivity contribution < 1.29 is 14.6 Å². The second-order valence-corrected chi connectivity index (χ2v) is 5.84. The zero-order valence-corrected chi connectivity index (χ0v) is 13.7. The predicted molar refractivity (Wildman–Crippen MR) is 92.9 cm³/mol. The van der Waals surface area contributed by atoms with E-state index >= 15 is 0 Å². The molecule has 0 aliphatic heterocycles. The largest absolute Gasteiger partial charge is 0.508 e. The van der Waals surface area contributed by atoms with Gasteiger partial charge in [-0.05, 0) is 49.0 Å². The molecule has 0 saturated heterocycles. The molecule has 0 amide bonds. The molecule has 0 atom stereocenters. The van der Waals surface area contributed by atoms with Crippen LogP contribution in [0.15, 0.2) is 42.5 Å². The predicted octanol–water partition coefficient (Wildman–Crippen LogP) is 4.19.